The molecule has 1 heterocycles. The number of benzene rings is 1. The fourth-order valence-electron chi connectivity index (χ4n) is 2.09. The molecule has 0 aliphatic carbocycles. The zero-order chi connectivity index (χ0) is 13.1. The van der Waals surface area contributed by atoms with Crippen molar-refractivity contribution in [3.8, 4) is 0 Å². The van der Waals surface area contributed by atoms with Crippen molar-refractivity contribution in [2.24, 2.45) is 0 Å². The Kier molecular flexibility index (Phi) is 3.87. The van der Waals surface area contributed by atoms with Crippen LogP contribution in [0.5, 0.6) is 0 Å². The first-order valence-corrected chi connectivity index (χ1v) is 6.32. The van der Waals surface area contributed by atoms with Crippen LogP contribution in [0, 0.1) is 0 Å². The molecule has 0 atom stereocenters. The van der Waals surface area contributed by atoms with Gasteiger partial charge < -0.3 is 10.2 Å². The third-order valence-electron chi connectivity index (χ3n) is 2.92. The monoisotopic (exact) mass is 266 g/mol. The molecule has 18 heavy (non-hydrogen) atoms. The smallest absolute Gasteiger partial charge is 0.255 e. The van der Waals surface area contributed by atoms with Crippen LogP contribution >= 0.6 is 11.6 Å². The lowest BCUT2D eigenvalue weighted by Crippen LogP contribution is -2.28. The zero-order valence-corrected chi connectivity index (χ0v) is 11.0. The maximum absolute atomic E-state index is 12.3. The molecule has 0 saturated carbocycles. The van der Waals surface area contributed by atoms with E-state index in [0.29, 0.717) is 16.3 Å². The van der Waals surface area contributed by atoms with Crippen molar-refractivity contribution in [1.29, 1.82) is 0 Å². The molecule has 2 rings (SSSR count). The molecule has 0 spiro atoms. The maximum atomic E-state index is 12.3. The summed E-state index contributed by atoms with van der Waals surface area (Å²) in [5.41, 5.74) is 0.975. The second-order valence-corrected chi connectivity index (χ2v) is 4.81. The normalized spacial score (nSPS) is 14.7. The Morgan fingerprint density at radius 1 is 1.28 bits per heavy atom. The van der Waals surface area contributed by atoms with Gasteiger partial charge in [0.2, 0.25) is 5.91 Å². The molecule has 1 aliphatic heterocycles. The van der Waals surface area contributed by atoms with Crippen molar-refractivity contribution in [2.45, 2.75) is 19.8 Å². The Labute approximate surface area is 111 Å². The van der Waals surface area contributed by atoms with Crippen LogP contribution in [0.15, 0.2) is 18.2 Å². The van der Waals surface area contributed by atoms with Gasteiger partial charge in [-0.05, 0) is 31.0 Å². The molecular weight excluding hydrogens is 252 g/mol. The predicted molar refractivity (Wildman–Crippen MR) is 70.9 cm³/mol. The Morgan fingerprint density at radius 2 is 1.94 bits per heavy atom. The number of likely N-dealkylation sites (tertiary alicyclic amines) is 1. The predicted octanol–water partition coefficient (Wildman–Crippen LogP) is 2.53. The van der Waals surface area contributed by atoms with Crippen LogP contribution in [0.1, 0.15) is 30.1 Å². The third-order valence-corrected chi connectivity index (χ3v) is 3.15. The second-order valence-electron chi connectivity index (χ2n) is 4.37. The Balaban J connectivity index is 2.30. The van der Waals surface area contributed by atoms with Crippen molar-refractivity contribution in [1.82, 2.24) is 4.90 Å². The van der Waals surface area contributed by atoms with E-state index in [9.17, 15) is 9.59 Å². The highest BCUT2D eigenvalue weighted by atomic mass is 35.5. The van der Waals surface area contributed by atoms with Crippen LogP contribution in [0.4, 0.5) is 5.69 Å². The lowest BCUT2D eigenvalue weighted by molar-refractivity contribution is -0.114. The molecule has 1 saturated heterocycles. The Hall–Kier alpha value is -1.55. The molecule has 96 valence electrons. The molecule has 2 amide bonds. The maximum Gasteiger partial charge on any atom is 0.255 e. The number of carbonyl (C=O) groups is 2. The average Bonchev–Trinajstić information content (AvgIpc) is 2.81. The lowest BCUT2D eigenvalue weighted by Gasteiger charge is -2.17. The minimum atomic E-state index is -0.215. The van der Waals surface area contributed by atoms with Gasteiger partial charge in [-0.15, -0.1) is 0 Å². The highest BCUT2D eigenvalue weighted by Crippen LogP contribution is 2.24. The summed E-state index contributed by atoms with van der Waals surface area (Å²) in [4.78, 5) is 25.2. The number of hydrogen-bond acceptors (Lipinski definition) is 2. The summed E-state index contributed by atoms with van der Waals surface area (Å²) in [7, 11) is 0. The largest absolute Gasteiger partial charge is 0.339 e. The van der Waals surface area contributed by atoms with Gasteiger partial charge in [-0.3, -0.25) is 9.59 Å². The van der Waals surface area contributed by atoms with E-state index in [1.807, 2.05) is 0 Å². The molecule has 1 aromatic carbocycles. The van der Waals surface area contributed by atoms with Gasteiger partial charge in [0, 0.05) is 25.0 Å². The van der Waals surface area contributed by atoms with Crippen LogP contribution in [0.3, 0.4) is 0 Å². The highest BCUT2D eigenvalue weighted by molar-refractivity contribution is 6.31. The van der Waals surface area contributed by atoms with Crippen molar-refractivity contribution in [3.63, 3.8) is 0 Å². The number of nitrogens with zero attached hydrogens (tertiary/aromatic N) is 1. The molecular formula is C13H15ClN2O2. The molecule has 5 heteroatoms. The number of rotatable bonds is 2. The Morgan fingerprint density at radius 3 is 2.56 bits per heavy atom. The number of carbonyl (C=O) groups excluding carboxylic acids is 2. The van der Waals surface area contributed by atoms with E-state index >= 15 is 0 Å². The number of nitrogens with one attached hydrogen (secondary N) is 1. The fraction of sp³-hybridized carbons (Fsp3) is 0.385. The molecule has 0 bridgehead atoms. The fourth-order valence-corrected chi connectivity index (χ4v) is 2.26. The molecule has 0 aromatic heterocycles. The average molecular weight is 267 g/mol. The summed E-state index contributed by atoms with van der Waals surface area (Å²) >= 11 is 5.89. The first kappa shape index (κ1) is 12.9. The first-order chi connectivity index (χ1) is 8.58. The summed E-state index contributed by atoms with van der Waals surface area (Å²) < 4.78 is 0. The van der Waals surface area contributed by atoms with Gasteiger partial charge in [0.25, 0.3) is 5.91 Å². The number of anilines is 1. The van der Waals surface area contributed by atoms with Gasteiger partial charge in [0.1, 0.15) is 0 Å². The van der Waals surface area contributed by atoms with Crippen LogP contribution in [-0.2, 0) is 4.79 Å². The molecule has 1 N–H and O–H groups in total. The van der Waals surface area contributed by atoms with Crippen molar-refractivity contribution in [3.05, 3.63) is 28.8 Å². The standard InChI is InChI=1S/C13H15ClN2O2/c1-9(17)15-12-8-10(14)4-5-11(12)13(18)16-6-2-3-7-16/h4-5,8H,2-3,6-7H2,1H3,(H,15,17). The molecule has 0 radical (unpaired) electrons. The summed E-state index contributed by atoms with van der Waals surface area (Å²) in [6, 6.07) is 4.93. The van der Waals surface area contributed by atoms with Crippen molar-refractivity contribution < 1.29 is 9.59 Å². The summed E-state index contributed by atoms with van der Waals surface area (Å²) in [5.74, 6) is -0.263. The zero-order valence-electron chi connectivity index (χ0n) is 10.2. The second kappa shape index (κ2) is 5.40. The van der Waals surface area contributed by atoms with Gasteiger partial charge in [-0.1, -0.05) is 11.6 Å². The van der Waals surface area contributed by atoms with Gasteiger partial charge in [0.05, 0.1) is 11.3 Å². The van der Waals surface area contributed by atoms with Gasteiger partial charge >= 0.3 is 0 Å². The van der Waals surface area contributed by atoms with Crippen LogP contribution in [0.25, 0.3) is 0 Å². The summed E-state index contributed by atoms with van der Waals surface area (Å²) in [5, 5.41) is 3.14. The van der Waals surface area contributed by atoms with E-state index in [2.05, 4.69) is 5.32 Å². The van der Waals surface area contributed by atoms with E-state index in [1.165, 1.54) is 6.92 Å². The molecule has 4 nitrogen and oxygen atoms in total. The minimum absolute atomic E-state index is 0.0482. The van der Waals surface area contributed by atoms with Crippen LogP contribution in [0.2, 0.25) is 5.02 Å². The van der Waals surface area contributed by atoms with E-state index in [1.54, 1.807) is 23.1 Å². The molecule has 0 unspecified atom stereocenters. The molecule has 1 aromatic rings. The van der Waals surface area contributed by atoms with E-state index in [-0.39, 0.29) is 11.8 Å². The van der Waals surface area contributed by atoms with Gasteiger partial charge in [-0.2, -0.15) is 0 Å². The minimum Gasteiger partial charge on any atom is -0.339 e. The molecule has 1 fully saturated rings. The number of hydrogen-bond donors (Lipinski definition) is 1. The Bertz CT molecular complexity index is 482. The van der Waals surface area contributed by atoms with Crippen LogP contribution in [-0.4, -0.2) is 29.8 Å². The SMILES string of the molecule is CC(=O)Nc1cc(Cl)ccc1C(=O)N1CCCC1. The third kappa shape index (κ3) is 2.82. The first-order valence-electron chi connectivity index (χ1n) is 5.94. The lowest BCUT2D eigenvalue weighted by atomic mass is 10.1. The van der Waals surface area contributed by atoms with Crippen molar-refractivity contribution >= 4 is 29.1 Å². The topological polar surface area (TPSA) is 49.4 Å². The van der Waals surface area contributed by atoms with Gasteiger partial charge in [0.15, 0.2) is 0 Å². The van der Waals surface area contributed by atoms with Gasteiger partial charge in [-0.25, -0.2) is 0 Å². The number of halogens is 1. The highest BCUT2D eigenvalue weighted by Gasteiger charge is 2.22. The van der Waals surface area contributed by atoms with E-state index in [0.717, 1.165) is 25.9 Å². The van der Waals surface area contributed by atoms with E-state index < -0.39 is 0 Å². The van der Waals surface area contributed by atoms with Crippen LogP contribution < -0.4 is 5.32 Å². The van der Waals surface area contributed by atoms with Crippen molar-refractivity contribution in [2.75, 3.05) is 18.4 Å². The summed E-state index contributed by atoms with van der Waals surface area (Å²) in [6.07, 6.45) is 2.07. The molecule has 1 aliphatic rings. The quantitative estimate of drug-likeness (QED) is 0.894. The number of amides is 2. The summed E-state index contributed by atoms with van der Waals surface area (Å²) in [6.45, 7) is 2.97. The van der Waals surface area contributed by atoms with E-state index in [4.69, 9.17) is 11.6 Å².